The van der Waals surface area contributed by atoms with Crippen molar-refractivity contribution in [3.05, 3.63) is 111 Å². The minimum absolute atomic E-state index is 0.0414. The number of hydrogen-bond donors (Lipinski definition) is 1. The number of amides is 2. The molecular weight excluding hydrogens is 484 g/mol. The van der Waals surface area contributed by atoms with E-state index in [1.807, 2.05) is 66.6 Å². The Morgan fingerprint density at radius 2 is 1.92 bits per heavy atom. The summed E-state index contributed by atoms with van der Waals surface area (Å²) in [6, 6.07) is 23.2. The van der Waals surface area contributed by atoms with Crippen LogP contribution in [0.5, 0.6) is 5.75 Å². The third-order valence-electron chi connectivity index (χ3n) is 6.39. The summed E-state index contributed by atoms with van der Waals surface area (Å²) in [6.07, 6.45) is 0.781. The Hall–Kier alpha value is -3.84. The standard InChI is InChI=1S/C30H30N2O4S/c1-20(2)18-31-29(33)26-13-12-24(36-26)19-35-23-11-10-21-14-15-32(30(34)27-9-6-16-37-27)28(25(21)17-23)22-7-4-3-5-8-22/h3-13,16-17,20,28H,14-15,18-19H2,1-2H3,(H,31,33). The Morgan fingerprint density at radius 1 is 1.08 bits per heavy atom. The zero-order valence-electron chi connectivity index (χ0n) is 21.0. The zero-order valence-corrected chi connectivity index (χ0v) is 21.8. The molecule has 0 bridgehead atoms. The zero-order chi connectivity index (χ0) is 25.8. The Kier molecular flexibility index (Phi) is 7.42. The highest BCUT2D eigenvalue weighted by atomic mass is 32.1. The van der Waals surface area contributed by atoms with Crippen LogP contribution in [0.15, 0.2) is 82.6 Å². The molecule has 1 aliphatic rings. The van der Waals surface area contributed by atoms with Gasteiger partial charge in [-0.15, -0.1) is 11.3 Å². The molecule has 2 aromatic heterocycles. The summed E-state index contributed by atoms with van der Waals surface area (Å²) in [6.45, 7) is 5.52. The first kappa shape index (κ1) is 24.8. The van der Waals surface area contributed by atoms with Gasteiger partial charge in [-0.05, 0) is 64.7 Å². The largest absolute Gasteiger partial charge is 0.486 e. The molecule has 3 heterocycles. The maximum absolute atomic E-state index is 13.5. The van der Waals surface area contributed by atoms with Crippen molar-refractivity contribution in [2.75, 3.05) is 13.1 Å². The molecule has 37 heavy (non-hydrogen) atoms. The lowest BCUT2D eigenvalue weighted by atomic mass is 9.88. The van der Waals surface area contributed by atoms with Gasteiger partial charge in [-0.2, -0.15) is 0 Å². The summed E-state index contributed by atoms with van der Waals surface area (Å²) in [5, 5.41) is 4.79. The number of benzene rings is 2. The second kappa shape index (κ2) is 11.0. The highest BCUT2D eigenvalue weighted by molar-refractivity contribution is 7.12. The van der Waals surface area contributed by atoms with Gasteiger partial charge in [0.25, 0.3) is 11.8 Å². The average molecular weight is 515 g/mol. The van der Waals surface area contributed by atoms with Gasteiger partial charge in [-0.1, -0.05) is 56.3 Å². The summed E-state index contributed by atoms with van der Waals surface area (Å²) in [4.78, 5) is 28.4. The summed E-state index contributed by atoms with van der Waals surface area (Å²) in [5.74, 6) is 1.71. The van der Waals surface area contributed by atoms with Crippen LogP contribution < -0.4 is 10.1 Å². The van der Waals surface area contributed by atoms with Crippen LogP contribution in [0.25, 0.3) is 0 Å². The Balaban J connectivity index is 1.36. The average Bonchev–Trinajstić information content (AvgIpc) is 3.63. The molecular formula is C30H30N2O4S. The van der Waals surface area contributed by atoms with Gasteiger partial charge in [0.05, 0.1) is 10.9 Å². The molecule has 1 aliphatic heterocycles. The van der Waals surface area contributed by atoms with E-state index in [9.17, 15) is 9.59 Å². The molecule has 0 spiro atoms. The predicted octanol–water partition coefficient (Wildman–Crippen LogP) is 6.09. The number of nitrogens with one attached hydrogen (secondary N) is 1. The smallest absolute Gasteiger partial charge is 0.287 e. The molecule has 0 saturated heterocycles. The van der Waals surface area contributed by atoms with E-state index in [4.69, 9.17) is 9.15 Å². The number of fused-ring (bicyclic) bond motifs is 1. The van der Waals surface area contributed by atoms with Crippen molar-refractivity contribution >= 4 is 23.2 Å². The van der Waals surface area contributed by atoms with Crippen LogP contribution in [0, 0.1) is 5.92 Å². The Bertz CT molecular complexity index is 1360. The first-order valence-corrected chi connectivity index (χ1v) is 13.4. The number of carbonyl (C=O) groups is 2. The van der Waals surface area contributed by atoms with Crippen molar-refractivity contribution in [1.29, 1.82) is 0 Å². The van der Waals surface area contributed by atoms with Crippen LogP contribution in [-0.4, -0.2) is 29.8 Å². The lowest BCUT2D eigenvalue weighted by Gasteiger charge is -2.37. The van der Waals surface area contributed by atoms with Crippen LogP contribution in [0.1, 0.15) is 62.6 Å². The molecule has 0 radical (unpaired) electrons. The Labute approximate surface area is 220 Å². The number of rotatable bonds is 8. The van der Waals surface area contributed by atoms with Gasteiger partial charge < -0.3 is 19.4 Å². The second-order valence-electron chi connectivity index (χ2n) is 9.56. The quantitative estimate of drug-likeness (QED) is 0.309. The fourth-order valence-electron chi connectivity index (χ4n) is 4.55. The number of carbonyl (C=O) groups excluding carboxylic acids is 2. The molecule has 2 aromatic carbocycles. The van der Waals surface area contributed by atoms with E-state index in [-0.39, 0.29) is 30.2 Å². The SMILES string of the molecule is CC(C)CNC(=O)c1ccc(COc2ccc3c(c2)C(c2ccccc2)N(C(=O)c2cccs2)CC3)o1. The summed E-state index contributed by atoms with van der Waals surface area (Å²) in [5.41, 5.74) is 3.33. The van der Waals surface area contributed by atoms with Crippen molar-refractivity contribution in [2.24, 2.45) is 5.92 Å². The number of thiophene rings is 1. The maximum Gasteiger partial charge on any atom is 0.287 e. The summed E-state index contributed by atoms with van der Waals surface area (Å²) >= 11 is 1.47. The normalized spacial score (nSPS) is 14.9. The van der Waals surface area contributed by atoms with E-state index in [0.717, 1.165) is 22.4 Å². The van der Waals surface area contributed by atoms with E-state index in [1.54, 1.807) is 12.1 Å². The van der Waals surface area contributed by atoms with Crippen molar-refractivity contribution < 1.29 is 18.7 Å². The van der Waals surface area contributed by atoms with E-state index < -0.39 is 0 Å². The van der Waals surface area contributed by atoms with Gasteiger partial charge >= 0.3 is 0 Å². The molecule has 1 atom stereocenters. The molecule has 2 amide bonds. The fourth-order valence-corrected chi connectivity index (χ4v) is 5.23. The van der Waals surface area contributed by atoms with Crippen LogP contribution in [0.2, 0.25) is 0 Å². The summed E-state index contributed by atoms with van der Waals surface area (Å²) in [7, 11) is 0. The van der Waals surface area contributed by atoms with Crippen molar-refractivity contribution in [3.8, 4) is 5.75 Å². The van der Waals surface area contributed by atoms with Crippen LogP contribution in [0.3, 0.4) is 0 Å². The molecule has 1 N–H and O–H groups in total. The first-order chi connectivity index (χ1) is 18.0. The molecule has 0 aliphatic carbocycles. The van der Waals surface area contributed by atoms with Gasteiger partial charge in [-0.25, -0.2) is 0 Å². The van der Waals surface area contributed by atoms with Crippen molar-refractivity contribution in [1.82, 2.24) is 10.2 Å². The minimum Gasteiger partial charge on any atom is -0.486 e. The molecule has 0 fully saturated rings. The lowest BCUT2D eigenvalue weighted by molar-refractivity contribution is 0.0699. The van der Waals surface area contributed by atoms with Gasteiger partial charge in [0, 0.05) is 13.1 Å². The van der Waals surface area contributed by atoms with E-state index >= 15 is 0 Å². The maximum atomic E-state index is 13.5. The molecule has 4 aromatic rings. The third-order valence-corrected chi connectivity index (χ3v) is 7.25. The minimum atomic E-state index is -0.227. The van der Waals surface area contributed by atoms with Gasteiger partial charge in [0.15, 0.2) is 5.76 Å². The molecule has 6 nitrogen and oxygen atoms in total. The van der Waals surface area contributed by atoms with E-state index in [1.165, 1.54) is 16.9 Å². The number of ether oxygens (including phenoxy) is 1. The van der Waals surface area contributed by atoms with Crippen molar-refractivity contribution in [3.63, 3.8) is 0 Å². The first-order valence-electron chi connectivity index (χ1n) is 12.5. The predicted molar refractivity (Wildman–Crippen MR) is 144 cm³/mol. The van der Waals surface area contributed by atoms with Crippen LogP contribution >= 0.6 is 11.3 Å². The Morgan fingerprint density at radius 3 is 2.68 bits per heavy atom. The number of furan rings is 1. The lowest BCUT2D eigenvalue weighted by Crippen LogP contribution is -2.40. The van der Waals surface area contributed by atoms with Gasteiger partial charge in [0.1, 0.15) is 18.1 Å². The highest BCUT2D eigenvalue weighted by Gasteiger charge is 2.33. The van der Waals surface area contributed by atoms with Crippen molar-refractivity contribution in [2.45, 2.75) is 32.9 Å². The van der Waals surface area contributed by atoms with E-state index in [0.29, 0.717) is 30.5 Å². The molecule has 0 saturated carbocycles. The van der Waals surface area contributed by atoms with Gasteiger partial charge in [-0.3, -0.25) is 9.59 Å². The number of nitrogens with zero attached hydrogens (tertiary/aromatic N) is 1. The molecule has 7 heteroatoms. The highest BCUT2D eigenvalue weighted by Crippen LogP contribution is 2.38. The second-order valence-corrected chi connectivity index (χ2v) is 10.5. The van der Waals surface area contributed by atoms with Crippen LogP contribution in [0.4, 0.5) is 0 Å². The topological polar surface area (TPSA) is 71.8 Å². The monoisotopic (exact) mass is 514 g/mol. The van der Waals surface area contributed by atoms with Gasteiger partial charge in [0.2, 0.25) is 0 Å². The molecule has 5 rings (SSSR count). The number of hydrogen-bond acceptors (Lipinski definition) is 5. The van der Waals surface area contributed by atoms with Crippen LogP contribution in [-0.2, 0) is 13.0 Å². The summed E-state index contributed by atoms with van der Waals surface area (Å²) < 4.78 is 11.8. The fraction of sp³-hybridized carbons (Fsp3) is 0.267. The van der Waals surface area contributed by atoms with E-state index in [2.05, 4.69) is 23.5 Å². The molecule has 1 unspecified atom stereocenters. The third kappa shape index (κ3) is 5.62. The molecule has 190 valence electrons.